The van der Waals surface area contributed by atoms with Gasteiger partial charge in [0.25, 0.3) is 5.91 Å². The topological polar surface area (TPSA) is 95.9 Å². The van der Waals surface area contributed by atoms with Gasteiger partial charge in [0, 0.05) is 18.7 Å². The highest BCUT2D eigenvalue weighted by Crippen LogP contribution is 2.30. The van der Waals surface area contributed by atoms with Crippen LogP contribution in [-0.2, 0) is 16.4 Å². The molecule has 0 spiro atoms. The summed E-state index contributed by atoms with van der Waals surface area (Å²) >= 11 is 0. The lowest BCUT2D eigenvalue weighted by Gasteiger charge is -2.17. The Morgan fingerprint density at radius 1 is 1.29 bits per heavy atom. The number of amides is 1. The van der Waals surface area contributed by atoms with E-state index >= 15 is 0 Å². The molecule has 2 aromatic carbocycles. The van der Waals surface area contributed by atoms with Gasteiger partial charge in [0.2, 0.25) is 10.0 Å². The quantitative estimate of drug-likeness (QED) is 0.729. The van der Waals surface area contributed by atoms with Crippen LogP contribution in [0.3, 0.4) is 0 Å². The van der Waals surface area contributed by atoms with Crippen molar-refractivity contribution in [3.63, 3.8) is 0 Å². The van der Waals surface area contributed by atoms with Gasteiger partial charge in [-0.2, -0.15) is 0 Å². The van der Waals surface area contributed by atoms with Gasteiger partial charge in [-0.15, -0.1) is 0 Å². The Hall–Kier alpha value is -2.58. The van der Waals surface area contributed by atoms with Crippen LogP contribution in [0.5, 0.6) is 5.75 Å². The van der Waals surface area contributed by atoms with Gasteiger partial charge in [-0.1, -0.05) is 12.1 Å². The molecule has 1 aliphatic heterocycles. The number of aliphatic hydroxyl groups is 1. The largest absolute Gasteiger partial charge is 0.491 e. The second-order valence-electron chi connectivity index (χ2n) is 6.92. The van der Waals surface area contributed by atoms with Crippen LogP contribution < -0.4 is 14.4 Å². The summed E-state index contributed by atoms with van der Waals surface area (Å²) in [6.07, 6.45) is 0.888. The van der Waals surface area contributed by atoms with Crippen LogP contribution in [0.25, 0.3) is 0 Å². The highest BCUT2D eigenvalue weighted by atomic mass is 32.2. The van der Waals surface area contributed by atoms with Crippen LogP contribution in [0.2, 0.25) is 0 Å². The third kappa shape index (κ3) is 4.82. The summed E-state index contributed by atoms with van der Waals surface area (Å²) in [5.74, 6) is 0.342. The molecule has 7 nitrogen and oxygen atoms in total. The van der Waals surface area contributed by atoms with Crippen molar-refractivity contribution < 1.29 is 23.1 Å². The second kappa shape index (κ2) is 8.20. The van der Waals surface area contributed by atoms with Crippen LogP contribution >= 0.6 is 0 Å². The summed E-state index contributed by atoms with van der Waals surface area (Å²) in [5, 5.41) is 12.7. The smallest absolute Gasteiger partial charge is 0.251 e. The molecule has 1 unspecified atom stereocenters. The van der Waals surface area contributed by atoms with Crippen LogP contribution in [0.1, 0.15) is 21.5 Å². The molecule has 2 aromatic rings. The lowest BCUT2D eigenvalue weighted by atomic mass is 10.1. The Bertz CT molecular complexity index is 974. The van der Waals surface area contributed by atoms with Gasteiger partial charge >= 0.3 is 0 Å². The van der Waals surface area contributed by atoms with Crippen molar-refractivity contribution >= 4 is 21.6 Å². The predicted octanol–water partition coefficient (Wildman–Crippen LogP) is 1.49. The molecule has 3 rings (SSSR count). The number of nitrogens with one attached hydrogen (secondary N) is 1. The Morgan fingerprint density at radius 3 is 2.79 bits per heavy atom. The van der Waals surface area contributed by atoms with Crippen molar-refractivity contribution in [3.8, 4) is 5.75 Å². The number of hydrogen-bond donors (Lipinski definition) is 2. The number of anilines is 1. The fourth-order valence-electron chi connectivity index (χ4n) is 3.13. The first kappa shape index (κ1) is 20.2. The van der Waals surface area contributed by atoms with E-state index in [1.165, 1.54) is 10.6 Å². The molecule has 1 amide bonds. The summed E-state index contributed by atoms with van der Waals surface area (Å²) in [6.45, 7) is 2.46. The van der Waals surface area contributed by atoms with E-state index in [9.17, 15) is 18.3 Å². The van der Waals surface area contributed by atoms with Crippen molar-refractivity contribution in [1.29, 1.82) is 0 Å². The average Bonchev–Trinajstić information content (AvgIpc) is 3.08. The number of sulfonamides is 1. The molecule has 0 saturated carbocycles. The number of rotatable bonds is 7. The predicted molar refractivity (Wildman–Crippen MR) is 107 cm³/mol. The highest BCUT2D eigenvalue weighted by Gasteiger charge is 2.26. The van der Waals surface area contributed by atoms with Gasteiger partial charge < -0.3 is 15.2 Å². The number of carbonyl (C=O) groups excluding carboxylic acids is 1. The summed E-state index contributed by atoms with van der Waals surface area (Å²) in [5.41, 5.74) is 2.93. The minimum atomic E-state index is -3.32. The zero-order chi connectivity index (χ0) is 20.3. The first-order chi connectivity index (χ1) is 13.2. The van der Waals surface area contributed by atoms with Gasteiger partial charge in [-0.25, -0.2) is 8.42 Å². The summed E-state index contributed by atoms with van der Waals surface area (Å²) in [7, 11) is -3.32. The Kier molecular flexibility index (Phi) is 5.90. The van der Waals surface area contributed by atoms with E-state index in [1.54, 1.807) is 18.2 Å². The maximum Gasteiger partial charge on any atom is 0.251 e. The first-order valence-corrected chi connectivity index (χ1v) is 10.9. The number of carbonyl (C=O) groups is 1. The molecule has 1 heterocycles. The van der Waals surface area contributed by atoms with Gasteiger partial charge in [-0.3, -0.25) is 9.10 Å². The van der Waals surface area contributed by atoms with Crippen LogP contribution in [0.4, 0.5) is 5.69 Å². The van der Waals surface area contributed by atoms with E-state index < -0.39 is 16.1 Å². The van der Waals surface area contributed by atoms with E-state index in [0.29, 0.717) is 30.0 Å². The second-order valence-corrected chi connectivity index (χ2v) is 8.83. The summed E-state index contributed by atoms with van der Waals surface area (Å²) in [4.78, 5) is 12.4. The fraction of sp³-hybridized carbons (Fsp3) is 0.350. The monoisotopic (exact) mass is 404 g/mol. The fourth-order valence-corrected chi connectivity index (χ4v) is 4.08. The number of aliphatic hydroxyl groups excluding tert-OH is 1. The number of benzene rings is 2. The SMILES string of the molecule is Cc1cccc(OCC(O)CNC(=O)c2ccc3c(c2)CCN3S(C)(=O)=O)c1. The number of ether oxygens (including phenoxy) is 1. The van der Waals surface area contributed by atoms with E-state index in [4.69, 9.17) is 4.74 Å². The van der Waals surface area contributed by atoms with E-state index in [0.717, 1.165) is 11.1 Å². The number of hydrogen-bond acceptors (Lipinski definition) is 5. The third-order valence-corrected chi connectivity index (χ3v) is 5.71. The molecule has 2 N–H and O–H groups in total. The molecule has 0 fully saturated rings. The standard InChI is InChI=1S/C20H24N2O5S/c1-14-4-3-5-18(10-14)27-13-17(23)12-21-20(24)16-6-7-19-15(11-16)8-9-22(19)28(2,25)26/h3-7,10-11,17,23H,8-9,12-13H2,1-2H3,(H,21,24). The maximum atomic E-state index is 12.4. The van der Waals surface area contributed by atoms with Gasteiger partial charge in [0.1, 0.15) is 18.5 Å². The Labute approximate surface area is 165 Å². The van der Waals surface area contributed by atoms with E-state index in [-0.39, 0.29) is 19.1 Å². The van der Waals surface area contributed by atoms with E-state index in [1.807, 2.05) is 31.2 Å². The highest BCUT2D eigenvalue weighted by molar-refractivity contribution is 7.92. The molecule has 8 heteroatoms. The van der Waals surface area contributed by atoms with Gasteiger partial charge in [0.15, 0.2) is 0 Å². The van der Waals surface area contributed by atoms with Crippen LogP contribution in [-0.4, -0.2) is 51.5 Å². The molecule has 0 saturated heterocycles. The van der Waals surface area contributed by atoms with Crippen LogP contribution in [0.15, 0.2) is 42.5 Å². The molecule has 150 valence electrons. The first-order valence-electron chi connectivity index (χ1n) is 9.00. The van der Waals surface area contributed by atoms with Crippen molar-refractivity contribution in [2.24, 2.45) is 0 Å². The minimum Gasteiger partial charge on any atom is -0.491 e. The number of fused-ring (bicyclic) bond motifs is 1. The summed E-state index contributed by atoms with van der Waals surface area (Å²) in [6, 6.07) is 12.4. The normalized spacial score (nSPS) is 14.5. The van der Waals surface area contributed by atoms with Crippen molar-refractivity contribution in [2.75, 3.05) is 30.3 Å². The number of aryl methyl sites for hydroxylation is 1. The van der Waals surface area contributed by atoms with E-state index in [2.05, 4.69) is 5.32 Å². The molecular weight excluding hydrogens is 380 g/mol. The number of nitrogens with zero attached hydrogens (tertiary/aromatic N) is 1. The van der Waals surface area contributed by atoms with Crippen molar-refractivity contribution in [1.82, 2.24) is 5.32 Å². The zero-order valence-electron chi connectivity index (χ0n) is 15.9. The summed E-state index contributed by atoms with van der Waals surface area (Å²) < 4.78 is 30.4. The maximum absolute atomic E-state index is 12.4. The molecule has 0 aliphatic carbocycles. The van der Waals surface area contributed by atoms with Crippen molar-refractivity contribution in [2.45, 2.75) is 19.4 Å². The minimum absolute atomic E-state index is 0.0528. The lowest BCUT2D eigenvalue weighted by molar-refractivity contribution is 0.0843. The molecule has 0 bridgehead atoms. The molecule has 0 aromatic heterocycles. The Balaban J connectivity index is 1.54. The molecule has 1 aliphatic rings. The average molecular weight is 404 g/mol. The molecular formula is C20H24N2O5S. The van der Waals surface area contributed by atoms with Crippen molar-refractivity contribution in [3.05, 3.63) is 59.2 Å². The molecule has 0 radical (unpaired) electrons. The molecule has 1 atom stereocenters. The third-order valence-electron chi connectivity index (χ3n) is 4.53. The Morgan fingerprint density at radius 2 is 2.07 bits per heavy atom. The molecule has 28 heavy (non-hydrogen) atoms. The van der Waals surface area contributed by atoms with Gasteiger partial charge in [0.05, 0.1) is 11.9 Å². The van der Waals surface area contributed by atoms with Gasteiger partial charge in [-0.05, 0) is 54.8 Å². The lowest BCUT2D eigenvalue weighted by Crippen LogP contribution is -2.35. The zero-order valence-corrected chi connectivity index (χ0v) is 16.7. The van der Waals surface area contributed by atoms with Crippen LogP contribution in [0, 0.1) is 6.92 Å².